The molecule has 1 aromatic rings. The van der Waals surface area contributed by atoms with Crippen LogP contribution in [0, 0.1) is 5.82 Å². The van der Waals surface area contributed by atoms with Crippen LogP contribution in [0.3, 0.4) is 0 Å². The molecule has 1 aromatic carbocycles. The number of benzene rings is 1. The summed E-state index contributed by atoms with van der Waals surface area (Å²) in [6.45, 7) is 1.73. The molecule has 0 amide bonds. The molecule has 0 fully saturated rings. The van der Waals surface area contributed by atoms with Gasteiger partial charge in [-0.15, -0.1) is 0 Å². The number of nitrogens with two attached hydrogens (primary N) is 2. The van der Waals surface area contributed by atoms with Crippen molar-refractivity contribution in [1.29, 1.82) is 0 Å². The third kappa shape index (κ3) is 1.91. The molecule has 96 valence electrons. The largest absolute Gasteiger partial charge is 0.497 e. The molecular weight excluding hydrogens is 235 g/mol. The Morgan fingerprint density at radius 3 is 2.78 bits per heavy atom. The zero-order valence-electron chi connectivity index (χ0n) is 10.2. The Kier molecular flexibility index (Phi) is 2.96. The van der Waals surface area contributed by atoms with Gasteiger partial charge >= 0.3 is 0 Å². The van der Waals surface area contributed by atoms with E-state index < -0.39 is 11.5 Å². The van der Waals surface area contributed by atoms with E-state index in [-0.39, 0.29) is 11.3 Å². The first-order chi connectivity index (χ1) is 8.47. The molecule has 5 N–H and O–H groups in total. The number of nitrogens with zero attached hydrogens (tertiary/aromatic N) is 1. The van der Waals surface area contributed by atoms with Gasteiger partial charge in [-0.05, 0) is 19.1 Å². The fourth-order valence-electron chi connectivity index (χ4n) is 1.80. The van der Waals surface area contributed by atoms with Crippen LogP contribution in [0.15, 0.2) is 35.1 Å². The quantitative estimate of drug-likeness (QED) is 0.723. The van der Waals surface area contributed by atoms with E-state index >= 15 is 0 Å². The van der Waals surface area contributed by atoms with Crippen LogP contribution in [0.25, 0.3) is 0 Å². The lowest BCUT2D eigenvalue weighted by Gasteiger charge is -2.30. The Labute approximate surface area is 104 Å². The van der Waals surface area contributed by atoms with Crippen LogP contribution in [-0.2, 0) is 5.66 Å². The fraction of sp³-hybridized carbons (Fsp3) is 0.250. The summed E-state index contributed by atoms with van der Waals surface area (Å²) < 4.78 is 19.0. The number of nitrogens with one attached hydrogen (secondary N) is 1. The molecular formula is C12H15FN4O. The van der Waals surface area contributed by atoms with E-state index in [2.05, 4.69) is 10.3 Å². The molecule has 1 aliphatic rings. The topological polar surface area (TPSA) is 85.7 Å². The number of methoxy groups -OCH3 is 1. The van der Waals surface area contributed by atoms with Crippen molar-refractivity contribution >= 4 is 5.84 Å². The second-order valence-electron chi connectivity index (χ2n) is 4.05. The summed E-state index contributed by atoms with van der Waals surface area (Å²) >= 11 is 0. The summed E-state index contributed by atoms with van der Waals surface area (Å²) in [5.41, 5.74) is 11.0. The SMILES string of the molecule is COc1ccc(C2(N)N=C(C)NC=C2N)c(F)c1. The Morgan fingerprint density at radius 1 is 1.44 bits per heavy atom. The van der Waals surface area contributed by atoms with Gasteiger partial charge in [-0.3, -0.25) is 5.73 Å². The maximum absolute atomic E-state index is 14.0. The molecule has 1 atom stereocenters. The van der Waals surface area contributed by atoms with Gasteiger partial charge in [-0.1, -0.05) is 0 Å². The first-order valence-electron chi connectivity index (χ1n) is 5.39. The van der Waals surface area contributed by atoms with Gasteiger partial charge in [-0.25, -0.2) is 9.38 Å². The molecule has 1 unspecified atom stereocenters. The zero-order valence-corrected chi connectivity index (χ0v) is 10.2. The van der Waals surface area contributed by atoms with Gasteiger partial charge < -0.3 is 15.8 Å². The van der Waals surface area contributed by atoms with E-state index in [1.807, 2.05) is 0 Å². The van der Waals surface area contributed by atoms with Crippen LogP contribution >= 0.6 is 0 Å². The third-order valence-electron chi connectivity index (χ3n) is 2.81. The number of ether oxygens (including phenoxy) is 1. The minimum absolute atomic E-state index is 0.206. The van der Waals surface area contributed by atoms with Gasteiger partial charge in [0, 0.05) is 17.8 Å². The lowest BCUT2D eigenvalue weighted by atomic mass is 9.96. The lowest BCUT2D eigenvalue weighted by Crippen LogP contribution is -2.46. The molecule has 0 bridgehead atoms. The van der Waals surface area contributed by atoms with Crippen LogP contribution in [-0.4, -0.2) is 12.9 Å². The van der Waals surface area contributed by atoms with Crippen LogP contribution in [0.4, 0.5) is 4.39 Å². The monoisotopic (exact) mass is 250 g/mol. The molecule has 0 radical (unpaired) electrons. The smallest absolute Gasteiger partial charge is 0.180 e. The van der Waals surface area contributed by atoms with E-state index in [1.165, 1.54) is 25.4 Å². The van der Waals surface area contributed by atoms with Crippen molar-refractivity contribution in [3.8, 4) is 5.75 Å². The maximum Gasteiger partial charge on any atom is 0.180 e. The van der Waals surface area contributed by atoms with Crippen LogP contribution in [0.2, 0.25) is 0 Å². The van der Waals surface area contributed by atoms with Gasteiger partial charge in [0.1, 0.15) is 17.4 Å². The molecule has 5 nitrogen and oxygen atoms in total. The molecule has 0 saturated carbocycles. The molecule has 0 aliphatic carbocycles. The van der Waals surface area contributed by atoms with Crippen molar-refractivity contribution in [3.63, 3.8) is 0 Å². The summed E-state index contributed by atoms with van der Waals surface area (Å²) in [5, 5.41) is 2.83. The Hall–Kier alpha value is -2.08. The predicted molar refractivity (Wildman–Crippen MR) is 67.3 cm³/mol. The summed E-state index contributed by atoms with van der Waals surface area (Å²) in [5.74, 6) is 0.477. The number of rotatable bonds is 2. The van der Waals surface area contributed by atoms with Gasteiger partial charge in [-0.2, -0.15) is 0 Å². The third-order valence-corrected chi connectivity index (χ3v) is 2.81. The molecule has 18 heavy (non-hydrogen) atoms. The van der Waals surface area contributed by atoms with E-state index in [0.717, 1.165) is 0 Å². The number of hydrogen-bond acceptors (Lipinski definition) is 5. The van der Waals surface area contributed by atoms with Crippen LogP contribution < -0.4 is 21.5 Å². The second-order valence-corrected chi connectivity index (χ2v) is 4.05. The number of aliphatic imine (C=N–C) groups is 1. The minimum atomic E-state index is -1.38. The van der Waals surface area contributed by atoms with Crippen molar-refractivity contribution in [2.45, 2.75) is 12.6 Å². The molecule has 2 rings (SSSR count). The average Bonchev–Trinajstić information content (AvgIpc) is 2.34. The van der Waals surface area contributed by atoms with E-state index in [9.17, 15) is 4.39 Å². The average molecular weight is 250 g/mol. The van der Waals surface area contributed by atoms with E-state index in [1.54, 1.807) is 13.0 Å². The Morgan fingerprint density at radius 2 is 2.17 bits per heavy atom. The summed E-state index contributed by atoms with van der Waals surface area (Å²) in [4.78, 5) is 4.19. The molecule has 1 aliphatic heterocycles. The second kappa shape index (κ2) is 4.30. The first kappa shape index (κ1) is 12.4. The normalized spacial score (nSPS) is 22.9. The molecule has 0 spiro atoms. The van der Waals surface area contributed by atoms with Gasteiger partial charge in [0.2, 0.25) is 0 Å². The van der Waals surface area contributed by atoms with Crippen molar-refractivity contribution in [1.82, 2.24) is 5.32 Å². The zero-order chi connectivity index (χ0) is 13.3. The molecule has 1 heterocycles. The fourth-order valence-corrected chi connectivity index (χ4v) is 1.80. The standard InChI is InChI=1S/C12H15FN4O/c1-7-16-6-11(14)12(15,17-7)9-4-3-8(18-2)5-10(9)13/h3-6H,14-15H2,1-2H3,(H,16,17). The molecule has 0 aromatic heterocycles. The van der Waals surface area contributed by atoms with E-state index in [4.69, 9.17) is 16.2 Å². The molecule has 0 saturated heterocycles. The minimum Gasteiger partial charge on any atom is -0.497 e. The predicted octanol–water partition coefficient (Wildman–Crippen LogP) is 0.768. The lowest BCUT2D eigenvalue weighted by molar-refractivity contribution is 0.408. The summed E-state index contributed by atoms with van der Waals surface area (Å²) in [6.07, 6.45) is 1.52. The highest BCUT2D eigenvalue weighted by Crippen LogP contribution is 2.31. The van der Waals surface area contributed by atoms with Gasteiger partial charge in [0.05, 0.1) is 12.8 Å². The molecule has 6 heteroatoms. The number of halogens is 1. The van der Waals surface area contributed by atoms with Crippen LogP contribution in [0.1, 0.15) is 12.5 Å². The number of hydrogen-bond donors (Lipinski definition) is 3. The highest BCUT2D eigenvalue weighted by Gasteiger charge is 2.35. The maximum atomic E-state index is 14.0. The van der Waals surface area contributed by atoms with Gasteiger partial charge in [0.25, 0.3) is 0 Å². The Balaban J connectivity index is 2.53. The van der Waals surface area contributed by atoms with E-state index in [0.29, 0.717) is 11.6 Å². The highest BCUT2D eigenvalue weighted by atomic mass is 19.1. The summed E-state index contributed by atoms with van der Waals surface area (Å²) in [6, 6.07) is 4.40. The van der Waals surface area contributed by atoms with Crippen LogP contribution in [0.5, 0.6) is 5.75 Å². The Bertz CT molecular complexity index is 541. The van der Waals surface area contributed by atoms with Gasteiger partial charge in [0.15, 0.2) is 5.66 Å². The number of amidine groups is 1. The summed E-state index contributed by atoms with van der Waals surface area (Å²) in [7, 11) is 1.47. The highest BCUT2D eigenvalue weighted by molar-refractivity contribution is 5.82. The van der Waals surface area contributed by atoms with Crippen molar-refractivity contribution < 1.29 is 9.13 Å². The first-order valence-corrected chi connectivity index (χ1v) is 5.39. The van der Waals surface area contributed by atoms with Crippen molar-refractivity contribution in [3.05, 3.63) is 41.5 Å². The van der Waals surface area contributed by atoms with Crippen molar-refractivity contribution in [2.24, 2.45) is 16.5 Å². The van der Waals surface area contributed by atoms with Crippen molar-refractivity contribution in [2.75, 3.05) is 7.11 Å².